The standard InChI is InChI=1S/C35H61NO5/c1-4-5-6-7-8-9-10-11-12-13-14-15-16-17-18-22-26-36-30(25-27-37)31-32(38-28-29-23-20-19-21-24-29)33-34(39-31)41-35(2,3)40-33/h19-21,23-24,30-34,36-37H,4-18,22,25-28H2,1-3H3/t30?,31?,32?,33-,34?/m1/s1. The molecule has 4 unspecified atom stereocenters. The lowest BCUT2D eigenvalue weighted by atomic mass is 10.00. The maximum Gasteiger partial charge on any atom is 0.190 e. The molecule has 1 aromatic rings. The number of fused-ring (bicyclic) bond motifs is 1. The molecule has 0 bridgehead atoms. The Bertz CT molecular complexity index is 775. The van der Waals surface area contributed by atoms with Gasteiger partial charge >= 0.3 is 0 Å². The van der Waals surface area contributed by atoms with E-state index in [0.717, 1.165) is 18.5 Å². The summed E-state index contributed by atoms with van der Waals surface area (Å²) in [4.78, 5) is 0. The van der Waals surface area contributed by atoms with Crippen LogP contribution in [0.1, 0.15) is 135 Å². The number of ether oxygens (including phenoxy) is 4. The molecule has 3 rings (SSSR count). The smallest absolute Gasteiger partial charge is 0.190 e. The Hall–Kier alpha value is -1.02. The van der Waals surface area contributed by atoms with Gasteiger partial charge in [-0.1, -0.05) is 134 Å². The molecule has 6 heteroatoms. The van der Waals surface area contributed by atoms with Gasteiger partial charge in [-0.2, -0.15) is 0 Å². The fourth-order valence-electron chi connectivity index (χ4n) is 6.27. The molecule has 236 valence electrons. The molecule has 5 atom stereocenters. The molecule has 0 amide bonds. The van der Waals surface area contributed by atoms with Crippen LogP contribution in [-0.4, -0.2) is 54.7 Å². The van der Waals surface area contributed by atoms with Crippen molar-refractivity contribution >= 4 is 0 Å². The number of unbranched alkanes of at least 4 members (excludes halogenated alkanes) is 15. The average molecular weight is 576 g/mol. The Labute approximate surface area is 251 Å². The van der Waals surface area contributed by atoms with Gasteiger partial charge in [0.25, 0.3) is 0 Å². The second-order valence-electron chi connectivity index (χ2n) is 12.7. The molecule has 2 aliphatic heterocycles. The summed E-state index contributed by atoms with van der Waals surface area (Å²) in [6.07, 6.45) is 21.3. The van der Waals surface area contributed by atoms with Crippen molar-refractivity contribution in [3.63, 3.8) is 0 Å². The minimum absolute atomic E-state index is 0.0157. The molecule has 2 heterocycles. The lowest BCUT2D eigenvalue weighted by Crippen LogP contribution is -2.49. The molecule has 2 fully saturated rings. The van der Waals surface area contributed by atoms with E-state index in [1.54, 1.807) is 0 Å². The zero-order valence-electron chi connectivity index (χ0n) is 26.5. The monoisotopic (exact) mass is 575 g/mol. The van der Waals surface area contributed by atoms with Crippen molar-refractivity contribution in [2.75, 3.05) is 13.2 Å². The van der Waals surface area contributed by atoms with E-state index < -0.39 is 12.1 Å². The van der Waals surface area contributed by atoms with Crippen LogP contribution in [0.3, 0.4) is 0 Å². The van der Waals surface area contributed by atoms with Gasteiger partial charge in [-0.3, -0.25) is 0 Å². The van der Waals surface area contributed by atoms with Crippen molar-refractivity contribution in [2.24, 2.45) is 0 Å². The molecule has 2 N–H and O–H groups in total. The first kappa shape index (κ1) is 34.5. The van der Waals surface area contributed by atoms with E-state index in [4.69, 9.17) is 18.9 Å². The molecule has 1 aromatic carbocycles. The Morgan fingerprint density at radius 2 is 1.37 bits per heavy atom. The van der Waals surface area contributed by atoms with Gasteiger partial charge in [0.2, 0.25) is 0 Å². The highest BCUT2D eigenvalue weighted by Crippen LogP contribution is 2.40. The first-order valence-corrected chi connectivity index (χ1v) is 17.0. The van der Waals surface area contributed by atoms with Crippen molar-refractivity contribution in [2.45, 2.75) is 173 Å². The summed E-state index contributed by atoms with van der Waals surface area (Å²) in [5.41, 5.74) is 1.12. The van der Waals surface area contributed by atoms with E-state index in [2.05, 4.69) is 24.4 Å². The predicted octanol–water partition coefficient (Wildman–Crippen LogP) is 8.05. The number of hydrogen-bond acceptors (Lipinski definition) is 6. The summed E-state index contributed by atoms with van der Waals surface area (Å²) in [5, 5.41) is 13.5. The Balaban J connectivity index is 1.28. The van der Waals surface area contributed by atoms with E-state index >= 15 is 0 Å². The fourth-order valence-corrected chi connectivity index (χ4v) is 6.27. The third-order valence-corrected chi connectivity index (χ3v) is 8.59. The van der Waals surface area contributed by atoms with E-state index in [-0.39, 0.29) is 31.0 Å². The van der Waals surface area contributed by atoms with Crippen LogP contribution < -0.4 is 5.32 Å². The van der Waals surface area contributed by atoms with Crippen LogP contribution in [0.25, 0.3) is 0 Å². The van der Waals surface area contributed by atoms with E-state index in [9.17, 15) is 5.11 Å². The predicted molar refractivity (Wildman–Crippen MR) is 167 cm³/mol. The van der Waals surface area contributed by atoms with E-state index in [0.29, 0.717) is 13.0 Å². The molecule has 6 nitrogen and oxygen atoms in total. The molecule has 0 aliphatic carbocycles. The first-order chi connectivity index (χ1) is 20.0. The van der Waals surface area contributed by atoms with Crippen LogP contribution in [0.2, 0.25) is 0 Å². The molecule has 0 aromatic heterocycles. The summed E-state index contributed by atoms with van der Waals surface area (Å²) in [6, 6.07) is 10.2. The maximum absolute atomic E-state index is 9.82. The number of rotatable bonds is 24. The van der Waals surface area contributed by atoms with Gasteiger partial charge in [-0.05, 0) is 38.8 Å². The normalized spacial score (nSPS) is 24.1. The fraction of sp³-hybridized carbons (Fsp3) is 0.829. The van der Waals surface area contributed by atoms with Crippen molar-refractivity contribution in [1.82, 2.24) is 5.32 Å². The number of aliphatic hydroxyl groups is 1. The van der Waals surface area contributed by atoms with Crippen LogP contribution in [0.15, 0.2) is 30.3 Å². The van der Waals surface area contributed by atoms with Gasteiger partial charge in [0, 0.05) is 12.6 Å². The van der Waals surface area contributed by atoms with Gasteiger partial charge < -0.3 is 29.4 Å². The van der Waals surface area contributed by atoms with E-state index in [1.165, 1.54) is 96.3 Å². The molecule has 0 saturated carbocycles. The van der Waals surface area contributed by atoms with Crippen molar-refractivity contribution in [1.29, 1.82) is 0 Å². The van der Waals surface area contributed by atoms with Crippen LogP contribution in [0, 0.1) is 0 Å². The van der Waals surface area contributed by atoms with Gasteiger partial charge in [0.1, 0.15) is 18.3 Å². The highest BCUT2D eigenvalue weighted by Gasteiger charge is 2.56. The van der Waals surface area contributed by atoms with Crippen molar-refractivity contribution in [3.05, 3.63) is 35.9 Å². The van der Waals surface area contributed by atoms with Crippen molar-refractivity contribution < 1.29 is 24.1 Å². The van der Waals surface area contributed by atoms with Gasteiger partial charge in [-0.15, -0.1) is 0 Å². The van der Waals surface area contributed by atoms with Crippen LogP contribution in [0.5, 0.6) is 0 Å². The van der Waals surface area contributed by atoms with Crippen molar-refractivity contribution in [3.8, 4) is 0 Å². The van der Waals surface area contributed by atoms with Gasteiger partial charge in [0.15, 0.2) is 12.1 Å². The lowest BCUT2D eigenvalue weighted by molar-refractivity contribution is -0.222. The third kappa shape index (κ3) is 13.0. The zero-order valence-corrected chi connectivity index (χ0v) is 26.5. The quantitative estimate of drug-likeness (QED) is 0.122. The second kappa shape index (κ2) is 20.0. The Kier molecular flexibility index (Phi) is 16.8. The molecule has 2 aliphatic rings. The van der Waals surface area contributed by atoms with Crippen LogP contribution >= 0.6 is 0 Å². The molecule has 41 heavy (non-hydrogen) atoms. The van der Waals surface area contributed by atoms with Gasteiger partial charge in [-0.25, -0.2) is 0 Å². The molecule has 0 radical (unpaired) electrons. The number of nitrogens with one attached hydrogen (secondary N) is 1. The third-order valence-electron chi connectivity index (χ3n) is 8.59. The van der Waals surface area contributed by atoms with Gasteiger partial charge in [0.05, 0.1) is 6.61 Å². The first-order valence-electron chi connectivity index (χ1n) is 17.0. The summed E-state index contributed by atoms with van der Waals surface area (Å²) < 4.78 is 25.0. The number of hydrogen-bond donors (Lipinski definition) is 2. The zero-order chi connectivity index (χ0) is 29.2. The summed E-state index contributed by atoms with van der Waals surface area (Å²) in [5.74, 6) is -0.692. The molecule has 2 saturated heterocycles. The summed E-state index contributed by atoms with van der Waals surface area (Å²) in [6.45, 7) is 7.62. The Morgan fingerprint density at radius 3 is 1.93 bits per heavy atom. The molecular weight excluding hydrogens is 514 g/mol. The summed E-state index contributed by atoms with van der Waals surface area (Å²) >= 11 is 0. The molecular formula is C35H61NO5. The molecule has 0 spiro atoms. The SMILES string of the molecule is CCCCCCCCCCCCCCCCCCNC(CCO)C1OC2OC(C)(C)O[C@@H]2C1OCc1ccccc1. The second-order valence-corrected chi connectivity index (χ2v) is 12.7. The minimum atomic E-state index is -0.692. The summed E-state index contributed by atoms with van der Waals surface area (Å²) in [7, 11) is 0. The van der Waals surface area contributed by atoms with E-state index in [1.807, 2.05) is 32.0 Å². The number of benzene rings is 1. The highest BCUT2D eigenvalue weighted by atomic mass is 16.8. The number of aliphatic hydroxyl groups excluding tert-OH is 1. The Morgan fingerprint density at radius 1 is 0.805 bits per heavy atom. The van der Waals surface area contributed by atoms with Crippen LogP contribution in [0.4, 0.5) is 0 Å². The largest absolute Gasteiger partial charge is 0.396 e. The van der Waals surface area contributed by atoms with Crippen LogP contribution in [-0.2, 0) is 25.6 Å². The highest BCUT2D eigenvalue weighted by molar-refractivity contribution is 5.13. The minimum Gasteiger partial charge on any atom is -0.396 e. The topological polar surface area (TPSA) is 69.2 Å². The average Bonchev–Trinajstić information content (AvgIpc) is 3.44. The maximum atomic E-state index is 9.82. The lowest BCUT2D eigenvalue weighted by Gasteiger charge is -2.31.